The molecule has 0 fully saturated rings. The summed E-state index contributed by atoms with van der Waals surface area (Å²) in [6.45, 7) is 7.48. The first-order valence-electron chi connectivity index (χ1n) is 8.41. The fraction of sp³-hybridized carbons (Fsp3) is 0.333. The molecule has 5 heteroatoms. The van der Waals surface area contributed by atoms with Crippen molar-refractivity contribution in [3.05, 3.63) is 57.2 Å². The number of methoxy groups -OCH3 is 1. The van der Waals surface area contributed by atoms with Crippen LogP contribution in [0.3, 0.4) is 0 Å². The second-order valence-corrected chi connectivity index (χ2v) is 8.18. The van der Waals surface area contributed by atoms with Crippen molar-refractivity contribution in [2.45, 2.75) is 26.2 Å². The summed E-state index contributed by atoms with van der Waals surface area (Å²) in [5.74, 6) is -0.327. The van der Waals surface area contributed by atoms with Crippen molar-refractivity contribution in [1.82, 2.24) is 0 Å². The number of ketones is 2. The number of phenolic OH excluding ortho intramolecular Hbond substituents is 1. The van der Waals surface area contributed by atoms with E-state index < -0.39 is 11.3 Å². The number of fused-ring (bicyclic) bond motifs is 1. The van der Waals surface area contributed by atoms with Crippen molar-refractivity contribution in [3.8, 4) is 11.5 Å². The molecule has 0 saturated carbocycles. The van der Waals surface area contributed by atoms with Gasteiger partial charge in [-0.1, -0.05) is 25.7 Å². The first-order valence-corrected chi connectivity index (χ1v) is 9.49. The van der Waals surface area contributed by atoms with E-state index >= 15 is 0 Å². The zero-order valence-corrected chi connectivity index (χ0v) is 17.2. The number of hydrogen-bond acceptors (Lipinski definition) is 4. The van der Waals surface area contributed by atoms with Crippen LogP contribution in [0.4, 0.5) is 0 Å². The highest BCUT2D eigenvalue weighted by Crippen LogP contribution is 2.55. The van der Waals surface area contributed by atoms with Crippen molar-refractivity contribution < 1.29 is 19.4 Å². The van der Waals surface area contributed by atoms with Gasteiger partial charge in [0.05, 0.1) is 16.1 Å². The molecular weight excluding hydrogens is 443 g/mol. The molecule has 0 spiro atoms. The number of Topliss-reactive ketones (excluding diaryl/α,β-unsaturated/α-hetero) is 1. The molecule has 2 aliphatic carbocycles. The van der Waals surface area contributed by atoms with Crippen LogP contribution >= 0.6 is 22.6 Å². The summed E-state index contributed by atoms with van der Waals surface area (Å²) in [4.78, 5) is 25.9. The Morgan fingerprint density at radius 1 is 1.38 bits per heavy atom. The van der Waals surface area contributed by atoms with Gasteiger partial charge in [0.15, 0.2) is 23.1 Å². The van der Waals surface area contributed by atoms with Gasteiger partial charge in [0.2, 0.25) is 0 Å². The van der Waals surface area contributed by atoms with Crippen LogP contribution in [0.2, 0.25) is 0 Å². The maximum atomic E-state index is 13.1. The highest BCUT2D eigenvalue weighted by Gasteiger charge is 2.54. The third-order valence-corrected chi connectivity index (χ3v) is 6.49. The lowest BCUT2D eigenvalue weighted by Gasteiger charge is -2.47. The smallest absolute Gasteiger partial charge is 0.171 e. The normalized spacial score (nSPS) is 28.2. The quantitative estimate of drug-likeness (QED) is 0.677. The number of halogens is 1. The van der Waals surface area contributed by atoms with Gasteiger partial charge in [0.25, 0.3) is 0 Å². The molecule has 1 aromatic rings. The molecule has 0 bridgehead atoms. The lowest BCUT2D eigenvalue weighted by atomic mass is 9.53. The molecule has 3 atom stereocenters. The number of hydrogen-bond donors (Lipinski definition) is 1. The van der Waals surface area contributed by atoms with Gasteiger partial charge in [-0.2, -0.15) is 0 Å². The second kappa shape index (κ2) is 6.68. The molecule has 4 nitrogen and oxygen atoms in total. The van der Waals surface area contributed by atoms with Gasteiger partial charge < -0.3 is 9.84 Å². The summed E-state index contributed by atoms with van der Waals surface area (Å²) >= 11 is 2.04. The lowest BCUT2D eigenvalue weighted by molar-refractivity contribution is -0.137. The van der Waals surface area contributed by atoms with Gasteiger partial charge >= 0.3 is 0 Å². The van der Waals surface area contributed by atoms with Crippen LogP contribution in [0.15, 0.2) is 48.1 Å². The molecule has 1 N–H and O–H groups in total. The Hall–Kier alpha value is -1.89. The maximum absolute atomic E-state index is 13.1. The number of benzene rings is 1. The van der Waals surface area contributed by atoms with E-state index in [1.165, 1.54) is 13.2 Å². The number of allylic oxidation sites excluding steroid dienone is 5. The molecule has 26 heavy (non-hydrogen) atoms. The van der Waals surface area contributed by atoms with Gasteiger partial charge in [0.1, 0.15) is 0 Å². The number of carbonyl (C=O) groups excluding carboxylic acids is 2. The van der Waals surface area contributed by atoms with E-state index in [1.54, 1.807) is 19.1 Å². The second-order valence-electron chi connectivity index (χ2n) is 7.02. The predicted octanol–water partition coefficient (Wildman–Crippen LogP) is 4.33. The summed E-state index contributed by atoms with van der Waals surface area (Å²) in [7, 11) is 1.49. The highest BCUT2D eigenvalue weighted by molar-refractivity contribution is 14.1. The Bertz CT molecular complexity index is 880. The van der Waals surface area contributed by atoms with Crippen LogP contribution in [-0.2, 0) is 9.59 Å². The summed E-state index contributed by atoms with van der Waals surface area (Å²) in [5, 5.41) is 10.2. The van der Waals surface area contributed by atoms with Crippen molar-refractivity contribution >= 4 is 34.2 Å². The minimum absolute atomic E-state index is 0.0249. The van der Waals surface area contributed by atoms with Crippen LogP contribution in [0.25, 0.3) is 0 Å². The van der Waals surface area contributed by atoms with Crippen LogP contribution in [0, 0.1) is 14.9 Å². The van der Waals surface area contributed by atoms with Crippen molar-refractivity contribution in [2.75, 3.05) is 7.11 Å². The van der Waals surface area contributed by atoms with E-state index in [0.717, 1.165) is 11.1 Å². The molecule has 0 saturated heterocycles. The largest absolute Gasteiger partial charge is 0.504 e. The van der Waals surface area contributed by atoms with E-state index in [-0.39, 0.29) is 23.2 Å². The lowest BCUT2D eigenvalue weighted by Crippen LogP contribution is -2.49. The van der Waals surface area contributed by atoms with Crippen molar-refractivity contribution in [2.24, 2.45) is 11.3 Å². The maximum Gasteiger partial charge on any atom is 0.171 e. The van der Waals surface area contributed by atoms with Gasteiger partial charge in [-0.05, 0) is 70.9 Å². The third-order valence-electron chi connectivity index (χ3n) is 5.67. The minimum Gasteiger partial charge on any atom is -0.504 e. The first kappa shape index (κ1) is 18.9. The molecule has 0 amide bonds. The van der Waals surface area contributed by atoms with E-state index in [9.17, 15) is 14.7 Å². The topological polar surface area (TPSA) is 63.6 Å². The molecule has 3 rings (SSSR count). The summed E-state index contributed by atoms with van der Waals surface area (Å²) in [6, 6.07) is 3.59. The average molecular weight is 464 g/mol. The van der Waals surface area contributed by atoms with Crippen molar-refractivity contribution in [3.63, 3.8) is 0 Å². The standard InChI is InChI=1S/C21H21IO4/c1-5-12-6-7-14-19(24)11(2)8-17(23)21(14,3)18(12)13-9-15(22)20(25)16(10-13)26-4/h5-6,8-10,14,18,25H,1,7H2,2-4H3. The Morgan fingerprint density at radius 2 is 2.08 bits per heavy atom. The SMILES string of the molecule is C=CC1=CCC2C(=O)C(C)=CC(=O)C2(C)C1c1cc(I)c(O)c(OC)c1. The summed E-state index contributed by atoms with van der Waals surface area (Å²) < 4.78 is 5.93. The van der Waals surface area contributed by atoms with Crippen LogP contribution < -0.4 is 4.74 Å². The molecule has 0 aliphatic heterocycles. The molecular formula is C21H21IO4. The Balaban J connectivity index is 2.26. The van der Waals surface area contributed by atoms with Crippen LogP contribution in [0.5, 0.6) is 11.5 Å². The number of rotatable bonds is 3. The van der Waals surface area contributed by atoms with Gasteiger partial charge in [-0.25, -0.2) is 0 Å². The fourth-order valence-corrected chi connectivity index (χ4v) is 4.84. The Labute approximate surface area is 166 Å². The Kier molecular flexibility index (Phi) is 4.86. The molecule has 2 aliphatic rings. The highest BCUT2D eigenvalue weighted by atomic mass is 127. The zero-order valence-electron chi connectivity index (χ0n) is 15.0. The van der Waals surface area contributed by atoms with E-state index in [2.05, 4.69) is 6.58 Å². The number of carbonyl (C=O) groups is 2. The molecule has 136 valence electrons. The molecule has 0 heterocycles. The van der Waals surface area contributed by atoms with Crippen LogP contribution in [-0.4, -0.2) is 23.8 Å². The predicted molar refractivity (Wildman–Crippen MR) is 108 cm³/mol. The molecule has 0 aromatic heterocycles. The minimum atomic E-state index is -0.889. The number of aromatic hydroxyl groups is 1. The van der Waals surface area contributed by atoms with E-state index in [4.69, 9.17) is 4.74 Å². The molecule has 0 radical (unpaired) electrons. The number of phenols is 1. The third kappa shape index (κ3) is 2.64. The summed E-state index contributed by atoms with van der Waals surface area (Å²) in [5.41, 5.74) is 1.38. The van der Waals surface area contributed by atoms with Gasteiger partial charge in [-0.15, -0.1) is 0 Å². The average Bonchev–Trinajstić information content (AvgIpc) is 2.61. The van der Waals surface area contributed by atoms with Crippen LogP contribution in [0.1, 0.15) is 31.7 Å². The molecule has 1 aromatic carbocycles. The zero-order chi connectivity index (χ0) is 19.2. The Morgan fingerprint density at radius 3 is 2.69 bits per heavy atom. The van der Waals surface area contributed by atoms with Gasteiger partial charge in [-0.3, -0.25) is 9.59 Å². The number of ether oxygens (including phenoxy) is 1. The van der Waals surface area contributed by atoms with Gasteiger partial charge in [0, 0.05) is 11.8 Å². The molecule has 3 unspecified atom stereocenters. The van der Waals surface area contributed by atoms with E-state index in [0.29, 0.717) is 21.3 Å². The summed E-state index contributed by atoms with van der Waals surface area (Å²) in [6.07, 6.45) is 5.75. The fourth-order valence-electron chi connectivity index (χ4n) is 4.21. The monoisotopic (exact) mass is 464 g/mol. The van der Waals surface area contributed by atoms with Crippen molar-refractivity contribution in [1.29, 1.82) is 0 Å². The van der Waals surface area contributed by atoms with E-state index in [1.807, 2.05) is 41.7 Å². The first-order chi connectivity index (χ1) is 12.2.